The SMILES string of the molecule is CCCNc1nc(NC2CCOC2)nc(OCCC)n1. The predicted molar refractivity (Wildman–Crippen MR) is 77.2 cm³/mol. The van der Waals surface area contributed by atoms with Gasteiger partial charge in [-0.25, -0.2) is 0 Å². The van der Waals surface area contributed by atoms with E-state index in [9.17, 15) is 0 Å². The van der Waals surface area contributed by atoms with Crippen molar-refractivity contribution in [2.75, 3.05) is 37.0 Å². The number of aromatic nitrogens is 3. The summed E-state index contributed by atoms with van der Waals surface area (Å²) in [4.78, 5) is 12.9. The van der Waals surface area contributed by atoms with Gasteiger partial charge in [-0.1, -0.05) is 13.8 Å². The van der Waals surface area contributed by atoms with Crippen LogP contribution in [0.4, 0.5) is 11.9 Å². The van der Waals surface area contributed by atoms with Gasteiger partial charge in [0.05, 0.1) is 19.3 Å². The van der Waals surface area contributed by atoms with E-state index in [1.54, 1.807) is 0 Å². The zero-order valence-electron chi connectivity index (χ0n) is 12.2. The van der Waals surface area contributed by atoms with Gasteiger partial charge in [0, 0.05) is 13.2 Å². The molecule has 0 amide bonds. The van der Waals surface area contributed by atoms with Gasteiger partial charge < -0.3 is 20.1 Å². The molecule has 1 saturated heterocycles. The topological polar surface area (TPSA) is 81.2 Å². The summed E-state index contributed by atoms with van der Waals surface area (Å²) in [6, 6.07) is 0.623. The Morgan fingerprint density at radius 3 is 2.75 bits per heavy atom. The highest BCUT2D eigenvalue weighted by molar-refractivity contribution is 5.36. The molecule has 1 aliphatic heterocycles. The smallest absolute Gasteiger partial charge is 0.323 e. The second kappa shape index (κ2) is 7.84. The summed E-state index contributed by atoms with van der Waals surface area (Å²) in [5, 5.41) is 6.43. The fraction of sp³-hybridized carbons (Fsp3) is 0.769. The van der Waals surface area contributed by atoms with Gasteiger partial charge in [0.1, 0.15) is 0 Å². The molecular weight excluding hydrogens is 258 g/mol. The highest BCUT2D eigenvalue weighted by Crippen LogP contribution is 2.15. The van der Waals surface area contributed by atoms with Crippen LogP contribution >= 0.6 is 0 Å². The molecule has 0 saturated carbocycles. The number of hydrogen-bond donors (Lipinski definition) is 2. The van der Waals surface area contributed by atoms with Crippen molar-refractivity contribution in [1.29, 1.82) is 0 Å². The molecule has 1 fully saturated rings. The predicted octanol–water partition coefficient (Wildman–Crippen LogP) is 1.68. The van der Waals surface area contributed by atoms with Crippen molar-refractivity contribution in [1.82, 2.24) is 15.0 Å². The Balaban J connectivity index is 2.06. The van der Waals surface area contributed by atoms with Crippen LogP contribution in [0, 0.1) is 0 Å². The van der Waals surface area contributed by atoms with Crippen LogP contribution in [-0.4, -0.2) is 47.4 Å². The molecule has 1 aromatic heterocycles. The second-order valence-electron chi connectivity index (χ2n) is 4.75. The third-order valence-electron chi connectivity index (χ3n) is 2.85. The van der Waals surface area contributed by atoms with Crippen LogP contribution in [0.2, 0.25) is 0 Å². The van der Waals surface area contributed by atoms with Crippen LogP contribution in [-0.2, 0) is 4.74 Å². The van der Waals surface area contributed by atoms with Gasteiger partial charge in [-0.3, -0.25) is 0 Å². The monoisotopic (exact) mass is 281 g/mol. The average Bonchev–Trinajstić information content (AvgIpc) is 2.95. The van der Waals surface area contributed by atoms with E-state index in [0.29, 0.717) is 31.1 Å². The van der Waals surface area contributed by atoms with Crippen molar-refractivity contribution in [2.45, 2.75) is 39.2 Å². The van der Waals surface area contributed by atoms with E-state index in [0.717, 1.165) is 32.4 Å². The Labute approximate surface area is 119 Å². The molecule has 2 heterocycles. The molecule has 0 radical (unpaired) electrons. The number of rotatable bonds is 8. The molecule has 0 aromatic carbocycles. The molecule has 20 heavy (non-hydrogen) atoms. The van der Waals surface area contributed by atoms with E-state index in [1.807, 2.05) is 6.92 Å². The van der Waals surface area contributed by atoms with E-state index in [1.165, 1.54) is 0 Å². The van der Waals surface area contributed by atoms with Crippen LogP contribution in [0.15, 0.2) is 0 Å². The number of nitrogens with one attached hydrogen (secondary N) is 2. The molecule has 0 spiro atoms. The fourth-order valence-electron chi connectivity index (χ4n) is 1.83. The maximum atomic E-state index is 5.51. The number of anilines is 2. The lowest BCUT2D eigenvalue weighted by Gasteiger charge is -2.13. The van der Waals surface area contributed by atoms with Crippen LogP contribution in [0.25, 0.3) is 0 Å². The lowest BCUT2D eigenvalue weighted by molar-refractivity contribution is 0.195. The van der Waals surface area contributed by atoms with Gasteiger partial charge >= 0.3 is 6.01 Å². The van der Waals surface area contributed by atoms with Crippen molar-refractivity contribution in [3.05, 3.63) is 0 Å². The number of ether oxygens (including phenoxy) is 2. The Kier molecular flexibility index (Phi) is 5.79. The molecule has 112 valence electrons. The molecule has 1 aliphatic rings. The van der Waals surface area contributed by atoms with E-state index in [-0.39, 0.29) is 6.04 Å². The molecule has 0 bridgehead atoms. The quantitative estimate of drug-likeness (QED) is 0.750. The van der Waals surface area contributed by atoms with Crippen molar-refractivity contribution < 1.29 is 9.47 Å². The first-order chi connectivity index (χ1) is 9.81. The first-order valence-corrected chi connectivity index (χ1v) is 7.28. The van der Waals surface area contributed by atoms with Crippen molar-refractivity contribution in [3.8, 4) is 6.01 Å². The summed E-state index contributed by atoms with van der Waals surface area (Å²) in [6.45, 7) is 7.04. The second-order valence-corrected chi connectivity index (χ2v) is 4.75. The maximum Gasteiger partial charge on any atom is 0.323 e. The summed E-state index contributed by atoms with van der Waals surface area (Å²) in [5.74, 6) is 1.09. The first-order valence-electron chi connectivity index (χ1n) is 7.28. The van der Waals surface area contributed by atoms with E-state index in [4.69, 9.17) is 9.47 Å². The zero-order chi connectivity index (χ0) is 14.2. The van der Waals surface area contributed by atoms with Gasteiger partial charge in [-0.05, 0) is 19.3 Å². The third kappa shape index (κ3) is 4.48. The average molecular weight is 281 g/mol. The standard InChI is InChI=1S/C13H23N5O2/c1-3-6-14-11-16-12(15-10-5-8-19-9-10)18-13(17-11)20-7-4-2/h10H,3-9H2,1-2H3,(H2,14,15,16,17,18). The zero-order valence-corrected chi connectivity index (χ0v) is 12.2. The fourth-order valence-corrected chi connectivity index (χ4v) is 1.83. The van der Waals surface area contributed by atoms with Gasteiger partial charge in [-0.15, -0.1) is 0 Å². The molecule has 2 rings (SSSR count). The van der Waals surface area contributed by atoms with Crippen LogP contribution < -0.4 is 15.4 Å². The maximum absolute atomic E-state index is 5.51. The summed E-state index contributed by atoms with van der Waals surface area (Å²) < 4.78 is 10.8. The lowest BCUT2D eigenvalue weighted by atomic mass is 10.3. The van der Waals surface area contributed by atoms with Crippen molar-refractivity contribution in [3.63, 3.8) is 0 Å². The van der Waals surface area contributed by atoms with E-state index in [2.05, 4.69) is 32.5 Å². The summed E-state index contributed by atoms with van der Waals surface area (Å²) >= 11 is 0. The molecule has 7 heteroatoms. The summed E-state index contributed by atoms with van der Waals surface area (Å²) in [6.07, 6.45) is 2.90. The Morgan fingerprint density at radius 2 is 2.05 bits per heavy atom. The normalized spacial score (nSPS) is 18.0. The Morgan fingerprint density at radius 1 is 1.20 bits per heavy atom. The van der Waals surface area contributed by atoms with Gasteiger partial charge in [-0.2, -0.15) is 15.0 Å². The third-order valence-corrected chi connectivity index (χ3v) is 2.85. The van der Waals surface area contributed by atoms with Gasteiger partial charge in [0.25, 0.3) is 0 Å². The van der Waals surface area contributed by atoms with Crippen LogP contribution in [0.5, 0.6) is 6.01 Å². The molecule has 2 N–H and O–H groups in total. The molecule has 7 nitrogen and oxygen atoms in total. The summed E-state index contributed by atoms with van der Waals surface area (Å²) in [5.41, 5.74) is 0. The lowest BCUT2D eigenvalue weighted by Crippen LogP contribution is -2.21. The molecule has 1 atom stereocenters. The minimum atomic E-state index is 0.260. The Hall–Kier alpha value is -1.63. The number of hydrogen-bond acceptors (Lipinski definition) is 7. The Bertz CT molecular complexity index is 383. The van der Waals surface area contributed by atoms with Gasteiger partial charge in [0.2, 0.25) is 11.9 Å². The van der Waals surface area contributed by atoms with Crippen LogP contribution in [0.3, 0.4) is 0 Å². The number of nitrogens with zero attached hydrogens (tertiary/aromatic N) is 3. The highest BCUT2D eigenvalue weighted by atomic mass is 16.5. The molecule has 1 unspecified atom stereocenters. The molecule has 1 aromatic rings. The van der Waals surface area contributed by atoms with Crippen LogP contribution in [0.1, 0.15) is 33.1 Å². The highest BCUT2D eigenvalue weighted by Gasteiger charge is 2.17. The largest absolute Gasteiger partial charge is 0.463 e. The minimum absolute atomic E-state index is 0.260. The van der Waals surface area contributed by atoms with E-state index < -0.39 is 0 Å². The van der Waals surface area contributed by atoms with Crippen molar-refractivity contribution >= 4 is 11.9 Å². The molecule has 0 aliphatic carbocycles. The van der Waals surface area contributed by atoms with E-state index >= 15 is 0 Å². The first kappa shape index (κ1) is 14.8. The minimum Gasteiger partial charge on any atom is -0.463 e. The van der Waals surface area contributed by atoms with Crippen molar-refractivity contribution in [2.24, 2.45) is 0 Å². The summed E-state index contributed by atoms with van der Waals surface area (Å²) in [7, 11) is 0. The van der Waals surface area contributed by atoms with Gasteiger partial charge in [0.15, 0.2) is 0 Å². The molecular formula is C13H23N5O2.